The Balaban J connectivity index is 1.48. The fraction of sp³-hybridized carbons (Fsp3) is 0.217. The van der Waals surface area contributed by atoms with Gasteiger partial charge >= 0.3 is 0 Å². The highest BCUT2D eigenvalue weighted by atomic mass is 16.5. The maximum absolute atomic E-state index is 12.3. The number of aryl methyl sites for hydroxylation is 1. The topological polar surface area (TPSA) is 63.2 Å². The van der Waals surface area contributed by atoms with E-state index in [-0.39, 0.29) is 5.91 Å². The van der Waals surface area contributed by atoms with Gasteiger partial charge in [-0.2, -0.15) is 0 Å². The second-order valence-corrected chi connectivity index (χ2v) is 6.59. The molecule has 2 N–H and O–H groups in total. The van der Waals surface area contributed by atoms with Crippen molar-refractivity contribution in [3.63, 3.8) is 0 Å². The highest BCUT2D eigenvalue weighted by Gasteiger charge is 2.06. The second kappa shape index (κ2) is 9.55. The first-order valence-electron chi connectivity index (χ1n) is 9.31. The van der Waals surface area contributed by atoms with Gasteiger partial charge in [-0.25, -0.2) is 4.98 Å². The van der Waals surface area contributed by atoms with Crippen LogP contribution in [0, 0.1) is 6.92 Å². The minimum atomic E-state index is -0.131. The SMILES string of the molecule is COc1ccccc1CCNc1ccc(C(=O)NCc2ccc(C)cc2)cn1. The molecule has 0 unspecified atom stereocenters. The van der Waals surface area contributed by atoms with Gasteiger partial charge in [-0.05, 0) is 42.7 Å². The molecule has 0 saturated carbocycles. The van der Waals surface area contributed by atoms with E-state index in [9.17, 15) is 4.79 Å². The van der Waals surface area contributed by atoms with Crippen molar-refractivity contribution in [2.75, 3.05) is 19.0 Å². The molecule has 0 atom stereocenters. The van der Waals surface area contributed by atoms with Crippen LogP contribution < -0.4 is 15.4 Å². The number of carbonyl (C=O) groups excluding carboxylic acids is 1. The zero-order valence-electron chi connectivity index (χ0n) is 16.2. The summed E-state index contributed by atoms with van der Waals surface area (Å²) in [6.07, 6.45) is 2.42. The summed E-state index contributed by atoms with van der Waals surface area (Å²) in [5.41, 5.74) is 3.96. The van der Waals surface area contributed by atoms with Gasteiger partial charge in [0.1, 0.15) is 11.6 Å². The predicted octanol–water partition coefficient (Wildman–Crippen LogP) is 3.98. The third-order valence-corrected chi connectivity index (χ3v) is 4.49. The molecule has 0 aliphatic rings. The number of aromatic nitrogens is 1. The zero-order valence-corrected chi connectivity index (χ0v) is 16.2. The van der Waals surface area contributed by atoms with E-state index in [1.807, 2.05) is 55.5 Å². The number of pyridine rings is 1. The van der Waals surface area contributed by atoms with Gasteiger partial charge in [-0.3, -0.25) is 4.79 Å². The minimum Gasteiger partial charge on any atom is -0.496 e. The molecule has 1 amide bonds. The Morgan fingerprint density at radius 2 is 1.82 bits per heavy atom. The number of para-hydroxylation sites is 1. The van der Waals surface area contributed by atoms with Crippen molar-refractivity contribution >= 4 is 11.7 Å². The highest BCUT2D eigenvalue weighted by Crippen LogP contribution is 2.17. The number of rotatable bonds is 8. The van der Waals surface area contributed by atoms with E-state index >= 15 is 0 Å². The lowest BCUT2D eigenvalue weighted by atomic mass is 10.1. The number of anilines is 1. The molecular weight excluding hydrogens is 350 g/mol. The van der Waals surface area contributed by atoms with E-state index in [2.05, 4.69) is 21.7 Å². The zero-order chi connectivity index (χ0) is 19.8. The quantitative estimate of drug-likeness (QED) is 0.625. The van der Waals surface area contributed by atoms with Crippen molar-refractivity contribution in [1.82, 2.24) is 10.3 Å². The fourth-order valence-electron chi connectivity index (χ4n) is 2.86. The van der Waals surface area contributed by atoms with Gasteiger partial charge in [0.15, 0.2) is 0 Å². The van der Waals surface area contributed by atoms with E-state index in [1.165, 1.54) is 5.56 Å². The second-order valence-electron chi connectivity index (χ2n) is 6.59. The van der Waals surface area contributed by atoms with Crippen LogP contribution in [0.3, 0.4) is 0 Å². The van der Waals surface area contributed by atoms with Crippen molar-refractivity contribution < 1.29 is 9.53 Å². The molecule has 3 rings (SSSR count). The molecule has 0 spiro atoms. The molecule has 3 aromatic rings. The predicted molar refractivity (Wildman–Crippen MR) is 112 cm³/mol. The Labute approximate surface area is 165 Å². The number of methoxy groups -OCH3 is 1. The Hall–Kier alpha value is -3.34. The lowest BCUT2D eigenvalue weighted by Crippen LogP contribution is -2.23. The lowest BCUT2D eigenvalue weighted by molar-refractivity contribution is 0.0950. The van der Waals surface area contributed by atoms with Crippen LogP contribution in [0.25, 0.3) is 0 Å². The first-order valence-corrected chi connectivity index (χ1v) is 9.31. The van der Waals surface area contributed by atoms with Crippen molar-refractivity contribution in [3.05, 3.63) is 89.1 Å². The van der Waals surface area contributed by atoms with Crippen molar-refractivity contribution in [2.45, 2.75) is 19.9 Å². The molecule has 0 fully saturated rings. The Morgan fingerprint density at radius 3 is 2.54 bits per heavy atom. The number of nitrogens with zero attached hydrogens (tertiary/aromatic N) is 1. The van der Waals surface area contributed by atoms with E-state index in [0.717, 1.165) is 35.7 Å². The third-order valence-electron chi connectivity index (χ3n) is 4.49. The molecule has 144 valence electrons. The Bertz CT molecular complexity index is 906. The largest absolute Gasteiger partial charge is 0.496 e. The standard InChI is InChI=1S/C23H25N3O2/c1-17-7-9-18(10-8-17)15-26-23(27)20-11-12-22(25-16-20)24-14-13-19-5-3-4-6-21(19)28-2/h3-12,16H,13-15H2,1-2H3,(H,24,25)(H,26,27). The molecule has 0 bridgehead atoms. The number of ether oxygens (including phenoxy) is 1. The first-order chi connectivity index (χ1) is 13.7. The average molecular weight is 375 g/mol. The normalized spacial score (nSPS) is 10.4. The van der Waals surface area contributed by atoms with Crippen LogP contribution in [0.15, 0.2) is 66.9 Å². The van der Waals surface area contributed by atoms with Gasteiger partial charge < -0.3 is 15.4 Å². The number of benzene rings is 2. The summed E-state index contributed by atoms with van der Waals surface area (Å²) in [7, 11) is 1.68. The van der Waals surface area contributed by atoms with Crippen LogP contribution in [0.4, 0.5) is 5.82 Å². The van der Waals surface area contributed by atoms with Gasteiger partial charge in [0.2, 0.25) is 0 Å². The van der Waals surface area contributed by atoms with Crippen molar-refractivity contribution in [1.29, 1.82) is 0 Å². The maximum Gasteiger partial charge on any atom is 0.253 e. The van der Waals surface area contributed by atoms with Crippen LogP contribution >= 0.6 is 0 Å². The molecule has 5 nitrogen and oxygen atoms in total. The summed E-state index contributed by atoms with van der Waals surface area (Å²) >= 11 is 0. The van der Waals surface area contributed by atoms with Gasteiger partial charge in [-0.15, -0.1) is 0 Å². The molecule has 2 aromatic carbocycles. The Kier molecular flexibility index (Phi) is 6.63. The molecule has 28 heavy (non-hydrogen) atoms. The first kappa shape index (κ1) is 19.4. The van der Waals surface area contributed by atoms with E-state index in [4.69, 9.17) is 4.74 Å². The molecule has 1 aromatic heterocycles. The summed E-state index contributed by atoms with van der Waals surface area (Å²) in [4.78, 5) is 16.6. The Morgan fingerprint density at radius 1 is 1.04 bits per heavy atom. The summed E-state index contributed by atoms with van der Waals surface area (Å²) in [5, 5.41) is 6.19. The van der Waals surface area contributed by atoms with Crippen LogP contribution in [0.2, 0.25) is 0 Å². The molecule has 0 radical (unpaired) electrons. The van der Waals surface area contributed by atoms with Gasteiger partial charge in [-0.1, -0.05) is 48.0 Å². The van der Waals surface area contributed by atoms with E-state index < -0.39 is 0 Å². The molecule has 5 heteroatoms. The summed E-state index contributed by atoms with van der Waals surface area (Å²) in [6, 6.07) is 19.7. The molecule has 0 aliphatic carbocycles. The smallest absolute Gasteiger partial charge is 0.253 e. The number of amides is 1. The van der Waals surface area contributed by atoms with E-state index in [1.54, 1.807) is 19.4 Å². The maximum atomic E-state index is 12.3. The van der Waals surface area contributed by atoms with Crippen LogP contribution in [-0.4, -0.2) is 24.5 Å². The molecule has 0 saturated heterocycles. The molecule has 1 heterocycles. The van der Waals surface area contributed by atoms with Gasteiger partial charge in [0.05, 0.1) is 12.7 Å². The third kappa shape index (κ3) is 5.33. The summed E-state index contributed by atoms with van der Waals surface area (Å²) < 4.78 is 5.36. The van der Waals surface area contributed by atoms with Gasteiger partial charge in [0, 0.05) is 19.3 Å². The molecule has 0 aliphatic heterocycles. The molecular formula is C23H25N3O2. The van der Waals surface area contributed by atoms with Crippen LogP contribution in [0.1, 0.15) is 27.0 Å². The number of hydrogen-bond donors (Lipinski definition) is 2. The lowest BCUT2D eigenvalue weighted by Gasteiger charge is -2.10. The van der Waals surface area contributed by atoms with Crippen LogP contribution in [-0.2, 0) is 13.0 Å². The average Bonchev–Trinajstić information content (AvgIpc) is 2.74. The fourth-order valence-corrected chi connectivity index (χ4v) is 2.86. The minimum absolute atomic E-state index is 0.131. The summed E-state index contributed by atoms with van der Waals surface area (Å²) in [6.45, 7) is 3.27. The van der Waals surface area contributed by atoms with Crippen molar-refractivity contribution in [2.24, 2.45) is 0 Å². The van der Waals surface area contributed by atoms with E-state index in [0.29, 0.717) is 12.1 Å². The highest BCUT2D eigenvalue weighted by molar-refractivity contribution is 5.94. The number of nitrogens with one attached hydrogen (secondary N) is 2. The van der Waals surface area contributed by atoms with Crippen LogP contribution in [0.5, 0.6) is 5.75 Å². The number of carbonyl (C=O) groups is 1. The summed E-state index contributed by atoms with van der Waals surface area (Å²) in [5.74, 6) is 1.50. The number of hydrogen-bond acceptors (Lipinski definition) is 4. The van der Waals surface area contributed by atoms with Gasteiger partial charge in [0.25, 0.3) is 5.91 Å². The van der Waals surface area contributed by atoms with Crippen molar-refractivity contribution in [3.8, 4) is 5.75 Å². The monoisotopic (exact) mass is 375 g/mol.